The van der Waals surface area contributed by atoms with E-state index in [2.05, 4.69) is 26.2 Å². The van der Waals surface area contributed by atoms with E-state index in [1.165, 1.54) is 18.4 Å². The number of hydrogen-bond donors (Lipinski definition) is 1. The van der Waals surface area contributed by atoms with Crippen molar-refractivity contribution in [3.63, 3.8) is 0 Å². The molecule has 0 bridgehead atoms. The fourth-order valence-corrected chi connectivity index (χ4v) is 2.01. The van der Waals surface area contributed by atoms with Gasteiger partial charge in [0.15, 0.2) is 0 Å². The van der Waals surface area contributed by atoms with Gasteiger partial charge in [-0.2, -0.15) is 0 Å². The monoisotopic (exact) mass is 344 g/mol. The molecule has 1 aromatic carbocycles. The van der Waals surface area contributed by atoms with Gasteiger partial charge in [0.25, 0.3) is 0 Å². The van der Waals surface area contributed by atoms with E-state index in [4.69, 9.17) is 4.42 Å². The van der Waals surface area contributed by atoms with Gasteiger partial charge in [-0.25, -0.2) is 13.8 Å². The summed E-state index contributed by atoms with van der Waals surface area (Å²) < 4.78 is 33.1. The summed E-state index contributed by atoms with van der Waals surface area (Å²) in [6.45, 7) is 6.51. The summed E-state index contributed by atoms with van der Waals surface area (Å²) in [5, 5.41) is 3.22. The molecule has 1 aromatic heterocycles. The Balaban J connectivity index is 2.25. The Kier molecular flexibility index (Phi) is 4.25. The molecule has 0 aliphatic rings. The highest BCUT2D eigenvalue weighted by atomic mass is 79.9. The summed E-state index contributed by atoms with van der Waals surface area (Å²) in [6.07, 6.45) is 1.40. The van der Waals surface area contributed by atoms with Crippen LogP contribution in [0.1, 0.15) is 26.5 Å². The summed E-state index contributed by atoms with van der Waals surface area (Å²) in [6, 6.07) is 2.35. The van der Waals surface area contributed by atoms with Gasteiger partial charge in [0, 0.05) is 16.6 Å². The molecule has 6 heteroatoms. The molecule has 0 aliphatic heterocycles. The Morgan fingerprint density at radius 2 is 1.85 bits per heavy atom. The van der Waals surface area contributed by atoms with E-state index < -0.39 is 11.6 Å². The van der Waals surface area contributed by atoms with Crippen LogP contribution in [0.4, 0.5) is 8.78 Å². The minimum absolute atomic E-state index is 0.0572. The third-order valence-corrected chi connectivity index (χ3v) is 3.03. The quantitative estimate of drug-likeness (QED) is 0.903. The first-order valence-corrected chi connectivity index (χ1v) is 6.90. The van der Waals surface area contributed by atoms with Gasteiger partial charge in [-0.3, -0.25) is 0 Å². The lowest BCUT2D eigenvalue weighted by Crippen LogP contribution is -2.35. The van der Waals surface area contributed by atoms with E-state index in [1.807, 2.05) is 20.8 Å². The molecule has 2 aromatic rings. The van der Waals surface area contributed by atoms with Crippen molar-refractivity contribution in [3.8, 4) is 11.5 Å². The lowest BCUT2D eigenvalue weighted by molar-refractivity contribution is 0.421. The van der Waals surface area contributed by atoms with Crippen LogP contribution < -0.4 is 5.32 Å². The number of rotatable bonds is 3. The fourth-order valence-electron chi connectivity index (χ4n) is 1.61. The highest BCUT2D eigenvalue weighted by molar-refractivity contribution is 9.10. The molecule has 0 saturated heterocycles. The lowest BCUT2D eigenvalue weighted by atomic mass is 10.1. The van der Waals surface area contributed by atoms with Gasteiger partial charge < -0.3 is 9.73 Å². The molecule has 1 heterocycles. The number of halogens is 3. The van der Waals surface area contributed by atoms with E-state index in [-0.39, 0.29) is 17.0 Å². The minimum Gasteiger partial charge on any atom is -0.444 e. The molecule has 0 amide bonds. The number of nitrogens with zero attached hydrogens (tertiary/aromatic N) is 1. The van der Waals surface area contributed by atoms with Crippen molar-refractivity contribution in [3.05, 3.63) is 40.2 Å². The Labute approximate surface area is 124 Å². The molecular weight excluding hydrogens is 330 g/mol. The molecule has 0 fully saturated rings. The number of hydrogen-bond acceptors (Lipinski definition) is 3. The molecular formula is C14H15BrF2N2O. The van der Waals surface area contributed by atoms with Crippen molar-refractivity contribution in [2.45, 2.75) is 32.9 Å². The first kappa shape index (κ1) is 15.1. The van der Waals surface area contributed by atoms with Crippen molar-refractivity contribution >= 4 is 15.9 Å². The Hall–Kier alpha value is -1.27. The van der Waals surface area contributed by atoms with Crippen molar-refractivity contribution in [1.82, 2.24) is 10.3 Å². The van der Waals surface area contributed by atoms with Crippen LogP contribution in [0.25, 0.3) is 11.5 Å². The zero-order chi connectivity index (χ0) is 14.9. The molecule has 3 nitrogen and oxygen atoms in total. The summed E-state index contributed by atoms with van der Waals surface area (Å²) in [5.74, 6) is -1.48. The number of aromatic nitrogens is 1. The summed E-state index contributed by atoms with van der Waals surface area (Å²) in [4.78, 5) is 4.11. The van der Waals surface area contributed by atoms with Crippen molar-refractivity contribution in [2.75, 3.05) is 0 Å². The summed E-state index contributed by atoms with van der Waals surface area (Å²) in [5.41, 5.74) is 0.264. The zero-order valence-corrected chi connectivity index (χ0v) is 13.0. The number of benzene rings is 1. The van der Waals surface area contributed by atoms with Crippen molar-refractivity contribution in [2.24, 2.45) is 0 Å². The number of oxazole rings is 1. The molecule has 0 aliphatic carbocycles. The normalized spacial score (nSPS) is 11.9. The van der Waals surface area contributed by atoms with Gasteiger partial charge in [0.2, 0.25) is 5.89 Å². The van der Waals surface area contributed by atoms with Crippen LogP contribution in [0.3, 0.4) is 0 Å². The average Bonchev–Trinajstić information content (AvgIpc) is 2.72. The summed E-state index contributed by atoms with van der Waals surface area (Å²) in [7, 11) is 0. The third-order valence-electron chi connectivity index (χ3n) is 2.57. The lowest BCUT2D eigenvalue weighted by Gasteiger charge is -2.19. The largest absolute Gasteiger partial charge is 0.444 e. The molecule has 0 radical (unpaired) electrons. The van der Waals surface area contributed by atoms with Crippen LogP contribution in [0, 0.1) is 11.6 Å². The second-order valence-corrected chi connectivity index (χ2v) is 6.41. The zero-order valence-electron chi connectivity index (χ0n) is 11.4. The second-order valence-electron chi connectivity index (χ2n) is 5.49. The maximum Gasteiger partial charge on any atom is 0.232 e. The van der Waals surface area contributed by atoms with E-state index in [1.54, 1.807) is 0 Å². The predicted molar refractivity (Wildman–Crippen MR) is 76.1 cm³/mol. The van der Waals surface area contributed by atoms with Crippen LogP contribution in [-0.4, -0.2) is 10.5 Å². The Morgan fingerprint density at radius 1 is 1.25 bits per heavy atom. The van der Waals surface area contributed by atoms with E-state index in [0.717, 1.165) is 0 Å². The molecule has 20 heavy (non-hydrogen) atoms. The standard InChI is InChI=1S/C14H15BrF2N2O/c1-14(2,3)18-6-9-7-20-13(19-9)12-10(16)4-8(15)5-11(12)17/h4-5,7,18H,6H2,1-3H3. The molecule has 0 atom stereocenters. The van der Waals surface area contributed by atoms with Gasteiger partial charge in [0.05, 0.1) is 5.69 Å². The average molecular weight is 345 g/mol. The SMILES string of the molecule is CC(C)(C)NCc1coc(-c2c(F)cc(Br)cc2F)n1. The molecule has 1 N–H and O–H groups in total. The van der Waals surface area contributed by atoms with Crippen molar-refractivity contribution in [1.29, 1.82) is 0 Å². The molecule has 2 rings (SSSR count). The maximum absolute atomic E-state index is 13.8. The van der Waals surface area contributed by atoms with Crippen LogP contribution >= 0.6 is 15.9 Å². The van der Waals surface area contributed by atoms with Crippen molar-refractivity contribution < 1.29 is 13.2 Å². The van der Waals surface area contributed by atoms with Crippen LogP contribution in [0.5, 0.6) is 0 Å². The van der Waals surface area contributed by atoms with Crippen LogP contribution in [0.2, 0.25) is 0 Å². The van der Waals surface area contributed by atoms with Gasteiger partial charge in [-0.15, -0.1) is 0 Å². The summed E-state index contributed by atoms with van der Waals surface area (Å²) >= 11 is 3.03. The highest BCUT2D eigenvalue weighted by Gasteiger charge is 2.18. The Morgan fingerprint density at radius 3 is 2.40 bits per heavy atom. The number of nitrogens with one attached hydrogen (secondary N) is 1. The Bertz CT molecular complexity index is 597. The fraction of sp³-hybridized carbons (Fsp3) is 0.357. The first-order chi connectivity index (χ1) is 9.26. The van der Waals surface area contributed by atoms with Gasteiger partial charge >= 0.3 is 0 Å². The predicted octanol–water partition coefficient (Wildman–Crippen LogP) is 4.27. The van der Waals surface area contributed by atoms with Gasteiger partial charge in [0.1, 0.15) is 23.5 Å². The third kappa shape index (κ3) is 3.64. The van der Waals surface area contributed by atoms with Crippen LogP contribution in [-0.2, 0) is 6.54 Å². The first-order valence-electron chi connectivity index (χ1n) is 6.10. The van der Waals surface area contributed by atoms with E-state index in [0.29, 0.717) is 16.7 Å². The minimum atomic E-state index is -0.714. The molecule has 0 saturated carbocycles. The molecule has 108 valence electrons. The van der Waals surface area contributed by atoms with E-state index in [9.17, 15) is 8.78 Å². The maximum atomic E-state index is 13.8. The second kappa shape index (κ2) is 5.61. The van der Waals surface area contributed by atoms with Gasteiger partial charge in [-0.05, 0) is 32.9 Å². The van der Waals surface area contributed by atoms with E-state index >= 15 is 0 Å². The highest BCUT2D eigenvalue weighted by Crippen LogP contribution is 2.28. The van der Waals surface area contributed by atoms with Gasteiger partial charge in [-0.1, -0.05) is 15.9 Å². The molecule has 0 spiro atoms. The molecule has 0 unspecified atom stereocenters. The topological polar surface area (TPSA) is 38.1 Å². The van der Waals surface area contributed by atoms with Crippen LogP contribution in [0.15, 0.2) is 27.3 Å². The smallest absolute Gasteiger partial charge is 0.232 e.